The normalized spacial score (nSPS) is 19.6. The first-order chi connectivity index (χ1) is 12.1. The van der Waals surface area contributed by atoms with Gasteiger partial charge in [0.1, 0.15) is 11.9 Å². The van der Waals surface area contributed by atoms with Crippen LogP contribution in [0.5, 0.6) is 5.75 Å². The molecule has 1 saturated heterocycles. The molecule has 2 atom stereocenters. The number of carbonyl (C=O) groups excluding carboxylic acids is 1. The van der Waals surface area contributed by atoms with E-state index in [1.807, 2.05) is 38.2 Å². The standard InChI is InChI=1S/C17H23N5O3/c1-4-22-9-13(8-19-22)25-15-11-24-10-14(15)20-17(23)12-5-6-16(18-7-12)21(2)3/h5-9,14-15H,4,10-11H2,1-3H3,(H,20,23)/t14-,15+/m0/s1. The fourth-order valence-electron chi connectivity index (χ4n) is 2.58. The summed E-state index contributed by atoms with van der Waals surface area (Å²) in [6.45, 7) is 3.64. The van der Waals surface area contributed by atoms with Crippen LogP contribution in [0.4, 0.5) is 5.82 Å². The predicted octanol–water partition coefficient (Wildman–Crippen LogP) is 0.940. The highest BCUT2D eigenvalue weighted by Crippen LogP contribution is 2.17. The summed E-state index contributed by atoms with van der Waals surface area (Å²) < 4.78 is 13.2. The van der Waals surface area contributed by atoms with E-state index in [0.717, 1.165) is 12.4 Å². The van der Waals surface area contributed by atoms with Gasteiger partial charge in [-0.05, 0) is 19.1 Å². The van der Waals surface area contributed by atoms with Crippen LogP contribution in [0.25, 0.3) is 0 Å². The molecule has 8 heteroatoms. The minimum atomic E-state index is -0.243. The smallest absolute Gasteiger partial charge is 0.253 e. The van der Waals surface area contributed by atoms with Crippen LogP contribution < -0.4 is 15.0 Å². The number of hydrogen-bond acceptors (Lipinski definition) is 6. The number of anilines is 1. The van der Waals surface area contributed by atoms with E-state index in [2.05, 4.69) is 15.4 Å². The molecule has 3 rings (SSSR count). The molecule has 1 fully saturated rings. The van der Waals surface area contributed by atoms with E-state index in [9.17, 15) is 4.79 Å². The Labute approximate surface area is 146 Å². The first-order valence-electron chi connectivity index (χ1n) is 8.28. The number of pyridine rings is 1. The molecule has 0 saturated carbocycles. The third kappa shape index (κ3) is 4.08. The lowest BCUT2D eigenvalue weighted by Crippen LogP contribution is -2.45. The molecule has 25 heavy (non-hydrogen) atoms. The van der Waals surface area contributed by atoms with Gasteiger partial charge in [-0.3, -0.25) is 9.48 Å². The van der Waals surface area contributed by atoms with Gasteiger partial charge in [0.15, 0.2) is 5.75 Å². The first-order valence-corrected chi connectivity index (χ1v) is 8.28. The highest BCUT2D eigenvalue weighted by atomic mass is 16.5. The second kappa shape index (κ2) is 7.52. The van der Waals surface area contributed by atoms with E-state index in [-0.39, 0.29) is 18.1 Å². The molecule has 0 spiro atoms. The molecule has 2 aromatic heterocycles. The van der Waals surface area contributed by atoms with Crippen LogP contribution in [0.2, 0.25) is 0 Å². The van der Waals surface area contributed by atoms with Gasteiger partial charge < -0.3 is 19.7 Å². The van der Waals surface area contributed by atoms with Gasteiger partial charge in [0, 0.05) is 26.8 Å². The molecule has 1 aliphatic heterocycles. The monoisotopic (exact) mass is 345 g/mol. The quantitative estimate of drug-likeness (QED) is 0.839. The molecular formula is C17H23N5O3. The molecule has 0 bridgehead atoms. The lowest BCUT2D eigenvalue weighted by Gasteiger charge is -2.19. The molecule has 1 N–H and O–H groups in total. The average Bonchev–Trinajstić information content (AvgIpc) is 3.25. The number of rotatable bonds is 6. The Balaban J connectivity index is 1.61. The zero-order valence-electron chi connectivity index (χ0n) is 14.7. The van der Waals surface area contributed by atoms with Crippen molar-refractivity contribution in [2.75, 3.05) is 32.2 Å². The lowest BCUT2D eigenvalue weighted by molar-refractivity contribution is 0.0903. The van der Waals surface area contributed by atoms with Gasteiger partial charge in [-0.25, -0.2) is 4.98 Å². The third-order valence-electron chi connectivity index (χ3n) is 4.03. The minimum Gasteiger partial charge on any atom is -0.482 e. The Morgan fingerprint density at radius 2 is 2.24 bits per heavy atom. The highest BCUT2D eigenvalue weighted by Gasteiger charge is 2.32. The predicted molar refractivity (Wildman–Crippen MR) is 93.0 cm³/mol. The zero-order valence-corrected chi connectivity index (χ0v) is 14.7. The molecule has 134 valence electrons. The van der Waals surface area contributed by atoms with E-state index >= 15 is 0 Å². The van der Waals surface area contributed by atoms with Gasteiger partial charge in [0.05, 0.1) is 37.2 Å². The molecule has 0 aliphatic carbocycles. The van der Waals surface area contributed by atoms with Crippen molar-refractivity contribution in [1.82, 2.24) is 20.1 Å². The Bertz CT molecular complexity index is 713. The average molecular weight is 345 g/mol. The molecule has 0 unspecified atom stereocenters. The topological polar surface area (TPSA) is 81.5 Å². The van der Waals surface area contributed by atoms with E-state index in [1.54, 1.807) is 23.1 Å². The number of amides is 1. The molecule has 0 aromatic carbocycles. The Hall–Kier alpha value is -2.61. The molecular weight excluding hydrogens is 322 g/mol. The third-order valence-corrected chi connectivity index (χ3v) is 4.03. The van der Waals surface area contributed by atoms with Gasteiger partial charge >= 0.3 is 0 Å². The molecule has 1 amide bonds. The number of hydrogen-bond donors (Lipinski definition) is 1. The van der Waals surface area contributed by atoms with E-state index in [4.69, 9.17) is 9.47 Å². The molecule has 0 radical (unpaired) electrons. The van der Waals surface area contributed by atoms with Crippen molar-refractivity contribution in [2.45, 2.75) is 25.6 Å². The summed E-state index contributed by atoms with van der Waals surface area (Å²) in [6, 6.07) is 3.35. The van der Waals surface area contributed by atoms with Crippen LogP contribution >= 0.6 is 0 Å². The Kier molecular flexibility index (Phi) is 5.18. The van der Waals surface area contributed by atoms with Crippen molar-refractivity contribution in [3.05, 3.63) is 36.3 Å². The van der Waals surface area contributed by atoms with E-state index in [0.29, 0.717) is 24.5 Å². The lowest BCUT2D eigenvalue weighted by atomic mass is 10.2. The van der Waals surface area contributed by atoms with Crippen LogP contribution in [0.1, 0.15) is 17.3 Å². The number of nitrogens with zero attached hydrogens (tertiary/aromatic N) is 4. The summed E-state index contributed by atoms with van der Waals surface area (Å²) in [6.07, 6.45) is 4.83. The van der Waals surface area contributed by atoms with E-state index < -0.39 is 0 Å². The van der Waals surface area contributed by atoms with Gasteiger partial charge in [0.2, 0.25) is 0 Å². The summed E-state index contributed by atoms with van der Waals surface area (Å²) in [5.41, 5.74) is 0.509. The minimum absolute atomic E-state index is 0.189. The van der Waals surface area contributed by atoms with Crippen molar-refractivity contribution in [1.29, 1.82) is 0 Å². The summed E-state index contributed by atoms with van der Waals surface area (Å²) in [7, 11) is 3.81. The Morgan fingerprint density at radius 1 is 1.40 bits per heavy atom. The molecule has 2 aromatic rings. The SMILES string of the molecule is CCn1cc(O[C@@H]2COC[C@@H]2NC(=O)c2ccc(N(C)C)nc2)cn1. The van der Waals surface area contributed by atoms with Crippen molar-refractivity contribution >= 4 is 11.7 Å². The van der Waals surface area contributed by atoms with Crippen LogP contribution in [0.15, 0.2) is 30.7 Å². The summed E-state index contributed by atoms with van der Waals surface area (Å²) in [5.74, 6) is 1.29. The number of ether oxygens (including phenoxy) is 2. The van der Waals surface area contributed by atoms with Crippen LogP contribution in [0, 0.1) is 0 Å². The Morgan fingerprint density at radius 3 is 2.88 bits per heavy atom. The van der Waals surface area contributed by atoms with Crippen molar-refractivity contribution < 1.29 is 14.3 Å². The second-order valence-electron chi connectivity index (χ2n) is 6.10. The zero-order chi connectivity index (χ0) is 17.8. The van der Waals surface area contributed by atoms with Gasteiger partial charge in [-0.1, -0.05) is 0 Å². The molecule has 8 nitrogen and oxygen atoms in total. The first kappa shape index (κ1) is 17.2. The van der Waals surface area contributed by atoms with Crippen molar-refractivity contribution in [3.63, 3.8) is 0 Å². The summed E-state index contributed by atoms with van der Waals surface area (Å²) in [4.78, 5) is 18.6. The molecule has 3 heterocycles. The van der Waals surface area contributed by atoms with Crippen molar-refractivity contribution in [2.24, 2.45) is 0 Å². The van der Waals surface area contributed by atoms with Crippen LogP contribution in [-0.4, -0.2) is 60.1 Å². The number of aromatic nitrogens is 3. The number of nitrogens with one attached hydrogen (secondary N) is 1. The maximum Gasteiger partial charge on any atom is 0.253 e. The fourth-order valence-corrected chi connectivity index (χ4v) is 2.58. The maximum atomic E-state index is 12.4. The van der Waals surface area contributed by atoms with Crippen LogP contribution in [-0.2, 0) is 11.3 Å². The van der Waals surface area contributed by atoms with E-state index in [1.165, 1.54) is 0 Å². The molecule has 1 aliphatic rings. The summed E-state index contributed by atoms with van der Waals surface area (Å²) >= 11 is 0. The van der Waals surface area contributed by atoms with Crippen LogP contribution in [0.3, 0.4) is 0 Å². The highest BCUT2D eigenvalue weighted by molar-refractivity contribution is 5.94. The van der Waals surface area contributed by atoms with Gasteiger partial charge in [-0.15, -0.1) is 0 Å². The number of carbonyl (C=O) groups is 1. The van der Waals surface area contributed by atoms with Crippen molar-refractivity contribution in [3.8, 4) is 5.75 Å². The largest absolute Gasteiger partial charge is 0.482 e. The fraction of sp³-hybridized carbons (Fsp3) is 0.471. The number of aryl methyl sites for hydroxylation is 1. The second-order valence-corrected chi connectivity index (χ2v) is 6.10. The van der Waals surface area contributed by atoms with Gasteiger partial charge in [-0.2, -0.15) is 5.10 Å². The van der Waals surface area contributed by atoms with Gasteiger partial charge in [0.25, 0.3) is 5.91 Å². The summed E-state index contributed by atoms with van der Waals surface area (Å²) in [5, 5.41) is 7.15. The maximum absolute atomic E-state index is 12.4.